The van der Waals surface area contributed by atoms with Gasteiger partial charge in [0.05, 0.1) is 12.0 Å². The first-order valence-corrected chi connectivity index (χ1v) is 9.06. The summed E-state index contributed by atoms with van der Waals surface area (Å²) in [5.74, 6) is 0.764. The molecule has 2 saturated heterocycles. The third kappa shape index (κ3) is 2.73. The second kappa shape index (κ2) is 6.11. The van der Waals surface area contributed by atoms with E-state index in [1.165, 1.54) is 32.1 Å². The number of hydrogen-bond donors (Lipinski definition) is 1. The molecular weight excluding hydrogens is 308 g/mol. The summed E-state index contributed by atoms with van der Waals surface area (Å²) in [6.45, 7) is 5.35. The normalized spacial score (nSPS) is 32.3. The molecule has 24 heavy (non-hydrogen) atoms. The van der Waals surface area contributed by atoms with Gasteiger partial charge in [-0.25, -0.2) is 0 Å². The predicted molar refractivity (Wildman–Crippen MR) is 86.3 cm³/mol. The van der Waals surface area contributed by atoms with Crippen molar-refractivity contribution in [2.45, 2.75) is 51.6 Å². The molecule has 3 heterocycles. The number of nitrogens with zero attached hydrogens (tertiary/aromatic N) is 4. The summed E-state index contributed by atoms with van der Waals surface area (Å²) in [4.78, 5) is 21.0. The predicted octanol–water partition coefficient (Wildman–Crippen LogP) is 1.53. The maximum Gasteiger partial charge on any atom is 0.312 e. The molecule has 132 valence electrons. The Hall–Kier alpha value is -1.47. The molecule has 0 bridgehead atoms. The highest BCUT2D eigenvalue weighted by molar-refractivity contribution is 5.77. The lowest BCUT2D eigenvalue weighted by molar-refractivity contribution is -0.149. The zero-order valence-electron chi connectivity index (χ0n) is 14.3. The minimum atomic E-state index is -0.641. The fourth-order valence-corrected chi connectivity index (χ4v) is 4.96. The summed E-state index contributed by atoms with van der Waals surface area (Å²) >= 11 is 0. The Morgan fingerprint density at radius 2 is 2.08 bits per heavy atom. The van der Waals surface area contributed by atoms with Crippen LogP contribution in [0.15, 0.2) is 4.52 Å². The molecule has 1 N–H and O–H groups in total. The van der Waals surface area contributed by atoms with Crippen LogP contribution in [0.5, 0.6) is 0 Å². The van der Waals surface area contributed by atoms with E-state index >= 15 is 0 Å². The van der Waals surface area contributed by atoms with Crippen molar-refractivity contribution < 1.29 is 14.4 Å². The van der Waals surface area contributed by atoms with Crippen LogP contribution in [0.25, 0.3) is 0 Å². The van der Waals surface area contributed by atoms with Crippen molar-refractivity contribution in [2.24, 2.45) is 11.3 Å². The second-order valence-corrected chi connectivity index (χ2v) is 7.78. The van der Waals surface area contributed by atoms with Gasteiger partial charge in [-0.15, -0.1) is 0 Å². The van der Waals surface area contributed by atoms with Crippen molar-refractivity contribution >= 4 is 5.97 Å². The summed E-state index contributed by atoms with van der Waals surface area (Å²) < 4.78 is 5.03. The lowest BCUT2D eigenvalue weighted by atomic mass is 9.81. The number of aryl methyl sites for hydroxylation is 1. The van der Waals surface area contributed by atoms with Crippen molar-refractivity contribution in [1.82, 2.24) is 19.9 Å². The molecule has 1 aromatic heterocycles. The highest BCUT2D eigenvalue weighted by atomic mass is 16.5. The number of fused-ring (bicyclic) bond motifs is 1. The van der Waals surface area contributed by atoms with E-state index in [1.807, 2.05) is 0 Å². The average molecular weight is 334 g/mol. The Morgan fingerprint density at radius 3 is 2.71 bits per heavy atom. The van der Waals surface area contributed by atoms with E-state index in [0.717, 1.165) is 13.1 Å². The number of likely N-dealkylation sites (tertiary alicyclic amines) is 2. The van der Waals surface area contributed by atoms with Crippen LogP contribution in [0.1, 0.15) is 43.8 Å². The number of rotatable bonds is 4. The molecule has 1 saturated carbocycles. The zero-order chi connectivity index (χ0) is 16.7. The molecule has 3 aliphatic rings. The van der Waals surface area contributed by atoms with E-state index in [9.17, 15) is 9.90 Å². The number of carbonyl (C=O) groups is 1. The fourth-order valence-electron chi connectivity index (χ4n) is 4.96. The quantitative estimate of drug-likeness (QED) is 0.894. The summed E-state index contributed by atoms with van der Waals surface area (Å²) in [5.41, 5.74) is -0.629. The van der Waals surface area contributed by atoms with E-state index in [2.05, 4.69) is 19.9 Å². The van der Waals surface area contributed by atoms with Crippen LogP contribution in [0.3, 0.4) is 0 Å². The molecule has 7 heteroatoms. The van der Waals surface area contributed by atoms with Gasteiger partial charge in [-0.2, -0.15) is 4.98 Å². The molecule has 1 aliphatic carbocycles. The van der Waals surface area contributed by atoms with Crippen LogP contribution >= 0.6 is 0 Å². The zero-order valence-corrected chi connectivity index (χ0v) is 14.3. The number of aliphatic carboxylic acids is 1. The second-order valence-electron chi connectivity index (χ2n) is 7.78. The van der Waals surface area contributed by atoms with E-state index in [4.69, 9.17) is 4.52 Å². The van der Waals surface area contributed by atoms with Crippen molar-refractivity contribution in [3.8, 4) is 0 Å². The van der Waals surface area contributed by atoms with Crippen molar-refractivity contribution in [3.63, 3.8) is 0 Å². The van der Waals surface area contributed by atoms with Gasteiger partial charge in [0.15, 0.2) is 5.82 Å². The van der Waals surface area contributed by atoms with Crippen LogP contribution < -0.4 is 0 Å². The van der Waals surface area contributed by atoms with Crippen LogP contribution in [0.2, 0.25) is 0 Å². The van der Waals surface area contributed by atoms with Gasteiger partial charge in [0.25, 0.3) is 0 Å². The number of aromatic nitrogens is 2. The third-order valence-corrected chi connectivity index (χ3v) is 6.16. The molecule has 2 aliphatic heterocycles. The molecule has 0 radical (unpaired) electrons. The SMILES string of the molecule is Cc1nc(CN2C[C@H]3CN(C4CCCCC4)C[C@@]3(C(=O)O)C2)no1. The largest absolute Gasteiger partial charge is 0.481 e. The molecule has 0 amide bonds. The molecular formula is C17H26N4O3. The van der Waals surface area contributed by atoms with Crippen LogP contribution in [0.4, 0.5) is 0 Å². The first kappa shape index (κ1) is 16.0. The molecule has 7 nitrogen and oxygen atoms in total. The Balaban J connectivity index is 1.45. The summed E-state index contributed by atoms with van der Waals surface area (Å²) in [6, 6.07) is 0.592. The van der Waals surface area contributed by atoms with Crippen molar-refractivity contribution in [1.29, 1.82) is 0 Å². The maximum atomic E-state index is 12.1. The Bertz CT molecular complexity index is 613. The van der Waals surface area contributed by atoms with Crippen molar-refractivity contribution in [3.05, 3.63) is 11.7 Å². The summed E-state index contributed by atoms with van der Waals surface area (Å²) in [5, 5.41) is 13.9. The average Bonchev–Trinajstić information content (AvgIpc) is 3.21. The topological polar surface area (TPSA) is 82.7 Å². The van der Waals surface area contributed by atoms with Gasteiger partial charge in [-0.1, -0.05) is 24.4 Å². The standard InChI is InChI=1S/C17H26N4O3/c1-12-18-15(19-24-12)9-20-7-13-8-21(14-5-3-2-4-6-14)11-17(13,10-20)16(22)23/h13-14H,2-11H2,1H3,(H,22,23)/t13-,17-/m0/s1. The highest BCUT2D eigenvalue weighted by Gasteiger charge is 2.58. The van der Waals surface area contributed by atoms with E-state index in [-0.39, 0.29) is 5.92 Å². The van der Waals surface area contributed by atoms with Crippen LogP contribution in [-0.2, 0) is 11.3 Å². The van der Waals surface area contributed by atoms with Gasteiger partial charge in [0.1, 0.15) is 0 Å². The Kier molecular flexibility index (Phi) is 4.08. The minimum Gasteiger partial charge on any atom is -0.481 e. The van der Waals surface area contributed by atoms with Gasteiger partial charge in [0, 0.05) is 45.1 Å². The first-order chi connectivity index (χ1) is 11.6. The van der Waals surface area contributed by atoms with Gasteiger partial charge >= 0.3 is 5.97 Å². The van der Waals surface area contributed by atoms with Crippen molar-refractivity contribution in [2.75, 3.05) is 26.2 Å². The summed E-state index contributed by atoms with van der Waals surface area (Å²) in [6.07, 6.45) is 6.36. The number of carboxylic acid groups (broad SMARTS) is 1. The molecule has 1 aromatic rings. The highest BCUT2D eigenvalue weighted by Crippen LogP contribution is 2.45. The van der Waals surface area contributed by atoms with E-state index in [0.29, 0.717) is 37.4 Å². The van der Waals surface area contributed by atoms with Crippen LogP contribution in [-0.4, -0.2) is 63.2 Å². The number of carboxylic acids is 1. The van der Waals surface area contributed by atoms with Gasteiger partial charge in [0.2, 0.25) is 5.89 Å². The Morgan fingerprint density at radius 1 is 1.29 bits per heavy atom. The first-order valence-electron chi connectivity index (χ1n) is 9.06. The minimum absolute atomic E-state index is 0.199. The van der Waals surface area contributed by atoms with Gasteiger partial charge in [-0.3, -0.25) is 14.6 Å². The van der Waals surface area contributed by atoms with E-state index < -0.39 is 11.4 Å². The monoisotopic (exact) mass is 334 g/mol. The van der Waals surface area contributed by atoms with Gasteiger partial charge in [-0.05, 0) is 12.8 Å². The molecule has 2 atom stereocenters. The lowest BCUT2D eigenvalue weighted by Gasteiger charge is -2.33. The molecule has 0 spiro atoms. The smallest absolute Gasteiger partial charge is 0.312 e. The maximum absolute atomic E-state index is 12.1. The molecule has 0 aromatic carbocycles. The van der Waals surface area contributed by atoms with Crippen LogP contribution in [0, 0.1) is 18.3 Å². The third-order valence-electron chi connectivity index (χ3n) is 6.16. The lowest BCUT2D eigenvalue weighted by Crippen LogP contribution is -2.43. The molecule has 3 fully saturated rings. The molecule has 4 rings (SSSR count). The van der Waals surface area contributed by atoms with E-state index in [1.54, 1.807) is 6.92 Å². The fraction of sp³-hybridized carbons (Fsp3) is 0.824. The molecule has 0 unspecified atom stereocenters. The number of hydrogen-bond acceptors (Lipinski definition) is 6. The van der Waals surface area contributed by atoms with Gasteiger partial charge < -0.3 is 9.63 Å². The summed E-state index contributed by atoms with van der Waals surface area (Å²) in [7, 11) is 0. The Labute approximate surface area is 142 Å².